The average Bonchev–Trinajstić information content (AvgIpc) is 3.01. The van der Waals surface area contributed by atoms with Gasteiger partial charge in [-0.15, -0.1) is 10.2 Å². The Kier molecular flexibility index (Phi) is 5.92. The summed E-state index contributed by atoms with van der Waals surface area (Å²) in [5.41, 5.74) is 2.09. The Bertz CT molecular complexity index is 946. The highest BCUT2D eigenvalue weighted by molar-refractivity contribution is 7.98. The summed E-state index contributed by atoms with van der Waals surface area (Å²) in [4.78, 5) is 0. The quantitative estimate of drug-likeness (QED) is 0.534. The highest BCUT2D eigenvalue weighted by Crippen LogP contribution is 2.39. The van der Waals surface area contributed by atoms with Crippen LogP contribution in [-0.2, 0) is 12.2 Å². The number of hydrogen-bond acceptors (Lipinski definition) is 7. The molecule has 2 aromatic carbocycles. The fraction of sp³-hybridized carbons (Fsp3) is 0.300. The maximum atomic E-state index is 6.34. The van der Waals surface area contributed by atoms with E-state index in [2.05, 4.69) is 10.2 Å². The van der Waals surface area contributed by atoms with E-state index in [-0.39, 0.29) is 0 Å². The van der Waals surface area contributed by atoms with Crippen molar-refractivity contribution in [3.05, 3.63) is 58.4 Å². The molecule has 3 aromatic rings. The van der Waals surface area contributed by atoms with E-state index in [9.17, 15) is 0 Å². The summed E-state index contributed by atoms with van der Waals surface area (Å²) in [6.07, 6.45) is 1.42. The third-order valence-corrected chi connectivity index (χ3v) is 5.36. The lowest BCUT2D eigenvalue weighted by Crippen LogP contribution is -1.97. The van der Waals surface area contributed by atoms with Gasteiger partial charge in [-0.3, -0.25) is 0 Å². The maximum Gasteiger partial charge on any atom is 0.276 e. The van der Waals surface area contributed by atoms with Crippen molar-refractivity contribution in [1.82, 2.24) is 10.2 Å². The van der Waals surface area contributed by atoms with Crippen LogP contribution in [0.2, 0.25) is 5.02 Å². The van der Waals surface area contributed by atoms with Crippen molar-refractivity contribution in [1.29, 1.82) is 0 Å². The minimum Gasteiger partial charge on any atom is -0.497 e. The Morgan fingerprint density at radius 3 is 2.71 bits per heavy atom. The van der Waals surface area contributed by atoms with Crippen LogP contribution in [0.15, 0.2) is 46.0 Å². The van der Waals surface area contributed by atoms with Crippen LogP contribution in [0, 0.1) is 0 Å². The molecule has 0 bridgehead atoms. The molecular weight excluding hydrogens is 400 g/mol. The maximum absolute atomic E-state index is 6.34. The van der Waals surface area contributed by atoms with Crippen molar-refractivity contribution in [2.75, 3.05) is 20.3 Å². The van der Waals surface area contributed by atoms with Gasteiger partial charge in [-0.1, -0.05) is 35.5 Å². The number of fused-ring (bicyclic) bond motifs is 1. The van der Waals surface area contributed by atoms with Gasteiger partial charge >= 0.3 is 0 Å². The molecule has 6 nitrogen and oxygen atoms in total. The van der Waals surface area contributed by atoms with Gasteiger partial charge < -0.3 is 18.6 Å². The Hall–Kier alpha value is -2.38. The lowest BCUT2D eigenvalue weighted by molar-refractivity contribution is 0.297. The lowest BCUT2D eigenvalue weighted by Gasteiger charge is -2.10. The second kappa shape index (κ2) is 8.75. The number of rotatable bonds is 6. The summed E-state index contributed by atoms with van der Waals surface area (Å²) < 4.78 is 22.3. The summed E-state index contributed by atoms with van der Waals surface area (Å²) in [6, 6.07) is 11.6. The average molecular weight is 419 g/mol. The molecule has 0 amide bonds. The molecule has 2 heterocycles. The molecule has 0 saturated carbocycles. The first-order valence-corrected chi connectivity index (χ1v) is 10.2. The molecule has 0 fully saturated rings. The molecule has 0 aliphatic carbocycles. The van der Waals surface area contributed by atoms with Crippen LogP contribution in [0.1, 0.15) is 23.4 Å². The third-order valence-electron chi connectivity index (χ3n) is 4.19. The molecule has 146 valence electrons. The van der Waals surface area contributed by atoms with Crippen LogP contribution < -0.4 is 14.2 Å². The van der Waals surface area contributed by atoms with E-state index < -0.39 is 0 Å². The lowest BCUT2D eigenvalue weighted by atomic mass is 10.1. The van der Waals surface area contributed by atoms with Gasteiger partial charge in [0.25, 0.3) is 5.22 Å². The topological polar surface area (TPSA) is 66.6 Å². The van der Waals surface area contributed by atoms with Crippen molar-refractivity contribution in [2.24, 2.45) is 0 Å². The van der Waals surface area contributed by atoms with Crippen LogP contribution in [0.3, 0.4) is 0 Å². The second-order valence-electron chi connectivity index (χ2n) is 6.23. The molecule has 0 radical (unpaired) electrons. The number of aromatic nitrogens is 2. The van der Waals surface area contributed by atoms with Gasteiger partial charge in [0.2, 0.25) is 5.89 Å². The van der Waals surface area contributed by atoms with E-state index >= 15 is 0 Å². The van der Waals surface area contributed by atoms with Gasteiger partial charge in [-0.05, 0) is 35.4 Å². The third kappa shape index (κ3) is 4.54. The van der Waals surface area contributed by atoms with Crippen molar-refractivity contribution < 1.29 is 18.6 Å². The van der Waals surface area contributed by atoms with Crippen molar-refractivity contribution in [3.63, 3.8) is 0 Å². The number of hydrogen-bond donors (Lipinski definition) is 0. The summed E-state index contributed by atoms with van der Waals surface area (Å²) in [6.45, 7) is 1.23. The zero-order valence-electron chi connectivity index (χ0n) is 15.3. The molecule has 1 aliphatic heterocycles. The number of thioether (sulfide) groups is 1. The molecular formula is C20H19ClN2O4S. The first-order chi connectivity index (χ1) is 13.7. The molecule has 8 heteroatoms. The molecule has 1 aromatic heterocycles. The largest absolute Gasteiger partial charge is 0.497 e. The highest BCUT2D eigenvalue weighted by atomic mass is 35.5. The zero-order chi connectivity index (χ0) is 19.3. The summed E-state index contributed by atoms with van der Waals surface area (Å²) in [5, 5.41) is 9.32. The predicted molar refractivity (Wildman–Crippen MR) is 107 cm³/mol. The molecule has 1 aliphatic rings. The molecule has 0 spiro atoms. The van der Waals surface area contributed by atoms with Crippen LogP contribution in [0.4, 0.5) is 0 Å². The van der Waals surface area contributed by atoms with E-state index in [1.807, 2.05) is 36.4 Å². The molecule has 4 rings (SSSR count). The fourth-order valence-corrected chi connectivity index (χ4v) is 3.80. The van der Waals surface area contributed by atoms with Crippen molar-refractivity contribution in [3.8, 4) is 17.2 Å². The van der Waals surface area contributed by atoms with E-state index in [1.165, 1.54) is 11.8 Å². The van der Waals surface area contributed by atoms with Gasteiger partial charge in [-0.2, -0.15) is 0 Å². The van der Waals surface area contributed by atoms with Gasteiger partial charge in [0, 0.05) is 12.2 Å². The first kappa shape index (κ1) is 19.0. The summed E-state index contributed by atoms with van der Waals surface area (Å²) in [5.74, 6) is 3.34. The van der Waals surface area contributed by atoms with E-state index in [0.29, 0.717) is 53.0 Å². The van der Waals surface area contributed by atoms with E-state index in [4.69, 9.17) is 30.2 Å². The Balaban J connectivity index is 1.39. The van der Waals surface area contributed by atoms with Crippen molar-refractivity contribution in [2.45, 2.75) is 23.8 Å². The number of methoxy groups -OCH3 is 1. The highest BCUT2D eigenvalue weighted by Gasteiger charge is 2.16. The summed E-state index contributed by atoms with van der Waals surface area (Å²) in [7, 11) is 1.65. The molecule has 0 saturated heterocycles. The van der Waals surface area contributed by atoms with Gasteiger partial charge in [0.1, 0.15) is 5.75 Å². The number of halogens is 1. The Labute approximate surface area is 172 Å². The zero-order valence-corrected chi connectivity index (χ0v) is 16.9. The minimum absolute atomic E-state index is 0.520. The van der Waals surface area contributed by atoms with E-state index in [0.717, 1.165) is 23.3 Å². The Morgan fingerprint density at radius 2 is 1.89 bits per heavy atom. The van der Waals surface area contributed by atoms with Crippen molar-refractivity contribution >= 4 is 23.4 Å². The molecule has 28 heavy (non-hydrogen) atoms. The molecule has 0 N–H and O–H groups in total. The molecule has 0 unspecified atom stereocenters. The van der Waals surface area contributed by atoms with Gasteiger partial charge in [-0.25, -0.2) is 0 Å². The normalized spacial score (nSPS) is 13.2. The minimum atomic E-state index is 0.520. The second-order valence-corrected chi connectivity index (χ2v) is 7.56. The van der Waals surface area contributed by atoms with Crippen LogP contribution >= 0.6 is 23.4 Å². The van der Waals surface area contributed by atoms with Crippen LogP contribution in [-0.4, -0.2) is 30.5 Å². The smallest absolute Gasteiger partial charge is 0.276 e. The number of ether oxygens (including phenoxy) is 3. The fourth-order valence-electron chi connectivity index (χ4n) is 2.80. The van der Waals surface area contributed by atoms with E-state index in [1.54, 1.807) is 7.11 Å². The van der Waals surface area contributed by atoms with Crippen LogP contribution in [0.5, 0.6) is 17.2 Å². The summed E-state index contributed by atoms with van der Waals surface area (Å²) >= 11 is 7.80. The van der Waals surface area contributed by atoms with Gasteiger partial charge in [0.15, 0.2) is 11.5 Å². The number of nitrogens with zero attached hydrogens (tertiary/aromatic N) is 2. The molecule has 0 atom stereocenters. The SMILES string of the molecule is COc1ccc(Cc2nnc(SCc3cc(Cl)c4c(c3)OCCCO4)o2)cc1. The first-order valence-electron chi connectivity index (χ1n) is 8.87. The van der Waals surface area contributed by atoms with Gasteiger partial charge in [0.05, 0.1) is 31.8 Å². The predicted octanol–water partition coefficient (Wildman–Crippen LogP) is 4.78. The monoisotopic (exact) mass is 418 g/mol. The van der Waals surface area contributed by atoms with Crippen LogP contribution in [0.25, 0.3) is 0 Å². The Morgan fingerprint density at radius 1 is 1.07 bits per heavy atom. The number of benzene rings is 2. The standard InChI is InChI=1S/C20H19ClN2O4S/c1-24-15-5-3-13(4-6-15)11-18-22-23-20(27-18)28-12-14-9-16(21)19-17(10-14)25-7-2-8-26-19/h3-6,9-10H,2,7-8,11-12H2,1H3.